The van der Waals surface area contributed by atoms with Gasteiger partial charge in [0.2, 0.25) is 5.88 Å². The third-order valence-electron chi connectivity index (χ3n) is 3.59. The van der Waals surface area contributed by atoms with E-state index in [4.69, 9.17) is 4.74 Å². The molecule has 0 aliphatic rings. The van der Waals surface area contributed by atoms with Gasteiger partial charge in [-0.2, -0.15) is 8.78 Å². The summed E-state index contributed by atoms with van der Waals surface area (Å²) in [6.45, 7) is 1.65. The van der Waals surface area contributed by atoms with Crippen molar-refractivity contribution in [3.05, 3.63) is 23.4 Å². The van der Waals surface area contributed by atoms with Crippen molar-refractivity contribution in [2.75, 3.05) is 20.7 Å². The molecule has 2 aromatic rings. The Morgan fingerprint density at radius 1 is 1.38 bits per heavy atom. The molecular formula is C15H18F2N4O3. The minimum absolute atomic E-state index is 0.0565. The van der Waals surface area contributed by atoms with Crippen LogP contribution in [0.15, 0.2) is 12.1 Å². The molecule has 9 heteroatoms. The fourth-order valence-electron chi connectivity index (χ4n) is 2.40. The van der Waals surface area contributed by atoms with Gasteiger partial charge in [0.25, 0.3) is 11.8 Å². The van der Waals surface area contributed by atoms with Crippen molar-refractivity contribution >= 4 is 22.8 Å². The van der Waals surface area contributed by atoms with Crippen LogP contribution in [-0.2, 0) is 4.79 Å². The molecular weight excluding hydrogens is 322 g/mol. The van der Waals surface area contributed by atoms with Crippen molar-refractivity contribution < 1.29 is 23.1 Å². The normalized spacial score (nSPS) is 12.2. The topological polar surface area (TPSA) is 96.1 Å². The van der Waals surface area contributed by atoms with Gasteiger partial charge in [-0.1, -0.05) is 6.92 Å². The van der Waals surface area contributed by atoms with E-state index in [9.17, 15) is 18.4 Å². The van der Waals surface area contributed by atoms with Crippen molar-refractivity contribution in [2.45, 2.75) is 19.3 Å². The number of aromatic amines is 1. The minimum Gasteiger partial charge on any atom is -0.481 e. The number of hydrogen-bond acceptors (Lipinski definition) is 4. The molecule has 0 radical (unpaired) electrons. The molecule has 24 heavy (non-hydrogen) atoms. The van der Waals surface area contributed by atoms with Crippen molar-refractivity contribution in [1.82, 2.24) is 20.6 Å². The number of amides is 2. The maximum absolute atomic E-state index is 12.3. The number of carbonyl (C=O) groups excluding carboxylic acids is 2. The van der Waals surface area contributed by atoms with Crippen LogP contribution in [-0.4, -0.2) is 48.9 Å². The number of carbonyl (C=O) groups is 2. The summed E-state index contributed by atoms with van der Waals surface area (Å²) in [6.07, 6.45) is -3.09. The molecule has 3 N–H and O–H groups in total. The van der Waals surface area contributed by atoms with Crippen LogP contribution < -0.4 is 15.4 Å². The molecule has 0 aliphatic carbocycles. The largest absolute Gasteiger partial charge is 0.481 e. The van der Waals surface area contributed by atoms with Gasteiger partial charge in [-0.05, 0) is 6.07 Å². The van der Waals surface area contributed by atoms with Crippen LogP contribution in [0.1, 0.15) is 28.9 Å². The second kappa shape index (κ2) is 7.24. The molecule has 7 nitrogen and oxygen atoms in total. The molecule has 0 saturated carbocycles. The van der Waals surface area contributed by atoms with E-state index in [0.29, 0.717) is 22.5 Å². The summed E-state index contributed by atoms with van der Waals surface area (Å²) < 4.78 is 29.7. The number of H-pyrrole nitrogens is 1. The number of ether oxygens (including phenoxy) is 1. The second-order valence-electron chi connectivity index (χ2n) is 5.19. The number of fused-ring (bicyclic) bond motifs is 1. The average molecular weight is 340 g/mol. The van der Waals surface area contributed by atoms with Crippen molar-refractivity contribution in [3.8, 4) is 5.88 Å². The summed E-state index contributed by atoms with van der Waals surface area (Å²) in [7, 11) is 2.95. The third kappa shape index (κ3) is 3.44. The highest BCUT2D eigenvalue weighted by Gasteiger charge is 2.24. The molecule has 0 fully saturated rings. The zero-order chi connectivity index (χ0) is 17.9. The standard InChI is InChI=1S/C15H18F2N4O3/c1-7(6-19-15(23)13(16)17)10-11-8(4-5-9(21-11)24-3)20-12(10)14(22)18-2/h4-5,7,13,20H,6H2,1-3H3,(H,18,22)(H,19,23)/t7-/m0/s1. The smallest absolute Gasteiger partial charge is 0.315 e. The summed E-state index contributed by atoms with van der Waals surface area (Å²) in [4.78, 5) is 30.5. The van der Waals surface area contributed by atoms with E-state index in [-0.39, 0.29) is 18.1 Å². The maximum atomic E-state index is 12.3. The highest BCUT2D eigenvalue weighted by Crippen LogP contribution is 2.29. The molecule has 0 aliphatic heterocycles. The van der Waals surface area contributed by atoms with Crippen molar-refractivity contribution in [3.63, 3.8) is 0 Å². The van der Waals surface area contributed by atoms with Crippen LogP contribution in [0.3, 0.4) is 0 Å². The summed E-state index contributed by atoms with van der Waals surface area (Å²) in [5, 5.41) is 4.67. The predicted molar refractivity (Wildman–Crippen MR) is 83.5 cm³/mol. The van der Waals surface area contributed by atoms with E-state index in [1.807, 2.05) is 0 Å². The maximum Gasteiger partial charge on any atom is 0.315 e. The lowest BCUT2D eigenvalue weighted by Gasteiger charge is -2.14. The Labute approximate surface area is 136 Å². The molecule has 2 aromatic heterocycles. The van der Waals surface area contributed by atoms with Gasteiger partial charge in [0.05, 0.1) is 18.1 Å². The number of nitrogens with one attached hydrogen (secondary N) is 3. The van der Waals surface area contributed by atoms with E-state index in [2.05, 4.69) is 20.6 Å². The van der Waals surface area contributed by atoms with Crippen LogP contribution in [0.25, 0.3) is 11.0 Å². The van der Waals surface area contributed by atoms with Gasteiger partial charge in [0, 0.05) is 31.1 Å². The van der Waals surface area contributed by atoms with Crippen molar-refractivity contribution in [2.24, 2.45) is 0 Å². The minimum atomic E-state index is -3.09. The number of alkyl halides is 2. The van der Waals surface area contributed by atoms with E-state index in [1.54, 1.807) is 19.1 Å². The summed E-state index contributed by atoms with van der Waals surface area (Å²) >= 11 is 0. The number of nitrogens with zero attached hydrogens (tertiary/aromatic N) is 1. The zero-order valence-corrected chi connectivity index (χ0v) is 13.4. The highest BCUT2D eigenvalue weighted by molar-refractivity contribution is 6.00. The lowest BCUT2D eigenvalue weighted by molar-refractivity contribution is -0.131. The molecule has 2 rings (SSSR count). The van der Waals surface area contributed by atoms with Crippen LogP contribution in [0.4, 0.5) is 8.78 Å². The molecule has 0 unspecified atom stereocenters. The predicted octanol–water partition coefficient (Wildman–Crippen LogP) is 1.42. The summed E-state index contributed by atoms with van der Waals surface area (Å²) in [5.74, 6) is -1.79. The van der Waals surface area contributed by atoms with Gasteiger partial charge in [-0.15, -0.1) is 0 Å². The summed E-state index contributed by atoms with van der Waals surface area (Å²) in [5.41, 5.74) is 1.90. The first-order valence-corrected chi connectivity index (χ1v) is 7.23. The number of hydrogen-bond donors (Lipinski definition) is 3. The van der Waals surface area contributed by atoms with E-state index in [1.165, 1.54) is 14.2 Å². The van der Waals surface area contributed by atoms with Gasteiger partial charge in [-0.3, -0.25) is 9.59 Å². The Morgan fingerprint density at radius 3 is 2.67 bits per heavy atom. The van der Waals surface area contributed by atoms with Gasteiger partial charge in [0.1, 0.15) is 5.69 Å². The highest BCUT2D eigenvalue weighted by atomic mass is 19.3. The summed E-state index contributed by atoms with van der Waals surface area (Å²) in [6, 6.07) is 3.35. The second-order valence-corrected chi connectivity index (χ2v) is 5.19. The molecule has 0 spiro atoms. The number of rotatable bonds is 6. The van der Waals surface area contributed by atoms with Gasteiger partial charge >= 0.3 is 6.43 Å². The van der Waals surface area contributed by atoms with Crippen LogP contribution in [0, 0.1) is 0 Å². The van der Waals surface area contributed by atoms with Gasteiger partial charge < -0.3 is 20.4 Å². The first kappa shape index (κ1) is 17.6. The molecule has 2 heterocycles. The van der Waals surface area contributed by atoms with Crippen molar-refractivity contribution in [1.29, 1.82) is 0 Å². The number of halogens is 2. The van der Waals surface area contributed by atoms with E-state index >= 15 is 0 Å². The fourth-order valence-corrected chi connectivity index (χ4v) is 2.40. The molecule has 130 valence electrons. The van der Waals surface area contributed by atoms with Crippen LogP contribution >= 0.6 is 0 Å². The molecule has 0 bridgehead atoms. The first-order valence-electron chi connectivity index (χ1n) is 7.23. The van der Waals surface area contributed by atoms with Crippen LogP contribution in [0.2, 0.25) is 0 Å². The Kier molecular flexibility index (Phi) is 5.32. The lowest BCUT2D eigenvalue weighted by Crippen LogP contribution is -2.33. The molecule has 0 aromatic carbocycles. The van der Waals surface area contributed by atoms with E-state index in [0.717, 1.165) is 0 Å². The quantitative estimate of drug-likeness (QED) is 0.741. The third-order valence-corrected chi connectivity index (χ3v) is 3.59. The SMILES string of the molecule is CNC(=O)c1[nH]c2ccc(OC)nc2c1[C@@H](C)CNC(=O)C(F)F. The molecule has 1 atom stereocenters. The Hall–Kier alpha value is -2.71. The number of methoxy groups -OCH3 is 1. The zero-order valence-electron chi connectivity index (χ0n) is 13.4. The number of aromatic nitrogens is 2. The molecule has 2 amide bonds. The Balaban J connectivity index is 2.44. The van der Waals surface area contributed by atoms with E-state index < -0.39 is 18.3 Å². The lowest BCUT2D eigenvalue weighted by atomic mass is 9.99. The Morgan fingerprint density at radius 2 is 2.08 bits per heavy atom. The average Bonchev–Trinajstić information content (AvgIpc) is 2.96. The first-order chi connectivity index (χ1) is 11.4. The van der Waals surface area contributed by atoms with Crippen LogP contribution in [0.5, 0.6) is 5.88 Å². The number of pyridine rings is 1. The van der Waals surface area contributed by atoms with Gasteiger partial charge in [0.15, 0.2) is 0 Å². The Bertz CT molecular complexity index is 761. The molecule has 0 saturated heterocycles. The monoisotopic (exact) mass is 340 g/mol. The fraction of sp³-hybridized carbons (Fsp3) is 0.400. The van der Waals surface area contributed by atoms with Gasteiger partial charge in [-0.25, -0.2) is 4.98 Å².